The van der Waals surface area contributed by atoms with Crippen molar-refractivity contribution in [2.75, 3.05) is 18.8 Å². The molecule has 0 saturated carbocycles. The molecular weight excluding hydrogens is 399 g/mol. The van der Waals surface area contributed by atoms with Crippen LogP contribution < -0.4 is 10.6 Å². The average molecular weight is 415 g/mol. The molecule has 2 rings (SSSR count). The Bertz CT molecular complexity index is 691. The zero-order valence-electron chi connectivity index (χ0n) is 12.7. The molecule has 0 unspecified atom stereocenters. The van der Waals surface area contributed by atoms with Crippen LogP contribution in [-0.4, -0.2) is 30.7 Å². The number of thioether (sulfide) groups is 1. The molecule has 0 fully saturated rings. The van der Waals surface area contributed by atoms with Crippen LogP contribution in [0.4, 0.5) is 4.39 Å². The number of hydrogen-bond acceptors (Lipinski definition) is 4. The van der Waals surface area contributed by atoms with E-state index in [0.717, 1.165) is 17.1 Å². The fourth-order valence-corrected chi connectivity index (χ4v) is 2.93. The second-order valence-corrected chi connectivity index (χ2v) is 6.74. The molecule has 128 valence electrons. The average Bonchev–Trinajstić information content (AvgIpc) is 3.00. The van der Waals surface area contributed by atoms with Crippen molar-refractivity contribution in [2.24, 2.45) is 0 Å². The van der Waals surface area contributed by atoms with Gasteiger partial charge in [-0.05, 0) is 64.5 Å². The van der Waals surface area contributed by atoms with E-state index in [9.17, 15) is 14.0 Å². The largest absolute Gasteiger partial charge is 0.444 e. The molecule has 2 amide bonds. The minimum Gasteiger partial charge on any atom is -0.444 e. The quantitative estimate of drug-likeness (QED) is 0.513. The van der Waals surface area contributed by atoms with Crippen LogP contribution in [0.1, 0.15) is 17.0 Å². The Morgan fingerprint density at radius 2 is 1.88 bits per heavy atom. The third kappa shape index (κ3) is 6.37. The van der Waals surface area contributed by atoms with E-state index in [0.29, 0.717) is 11.2 Å². The van der Waals surface area contributed by atoms with Gasteiger partial charge in [-0.1, -0.05) is 0 Å². The summed E-state index contributed by atoms with van der Waals surface area (Å²) in [5.41, 5.74) is 0. The topological polar surface area (TPSA) is 71.3 Å². The third-order valence-electron chi connectivity index (χ3n) is 2.93. The predicted molar refractivity (Wildman–Crippen MR) is 93.5 cm³/mol. The molecule has 1 aromatic carbocycles. The normalized spacial score (nSPS) is 10.4. The number of hydrogen-bond donors (Lipinski definition) is 2. The highest BCUT2D eigenvalue weighted by atomic mass is 79.9. The first-order valence-electron chi connectivity index (χ1n) is 7.23. The van der Waals surface area contributed by atoms with E-state index in [1.54, 1.807) is 30.0 Å². The van der Waals surface area contributed by atoms with E-state index in [2.05, 4.69) is 26.6 Å². The first-order valence-corrected chi connectivity index (χ1v) is 9.01. The summed E-state index contributed by atoms with van der Waals surface area (Å²) in [5.74, 6) is -0.0111. The maximum atomic E-state index is 12.8. The highest BCUT2D eigenvalue weighted by Crippen LogP contribution is 2.18. The maximum absolute atomic E-state index is 12.8. The molecule has 5 nitrogen and oxygen atoms in total. The lowest BCUT2D eigenvalue weighted by atomic mass is 10.4. The van der Waals surface area contributed by atoms with Crippen LogP contribution in [0.2, 0.25) is 0 Å². The number of carbonyl (C=O) groups excluding carboxylic acids is 2. The fraction of sp³-hybridized carbons (Fsp3) is 0.250. The van der Waals surface area contributed by atoms with Crippen molar-refractivity contribution in [1.82, 2.24) is 10.6 Å². The predicted octanol–water partition coefficient (Wildman–Crippen LogP) is 3.21. The van der Waals surface area contributed by atoms with Gasteiger partial charge in [0.05, 0.1) is 6.54 Å². The van der Waals surface area contributed by atoms with E-state index in [4.69, 9.17) is 4.42 Å². The molecule has 1 aromatic heterocycles. The standard InChI is InChI=1S/C16H16BrFN2O3S/c17-14-7-6-13(23-14)16(22)20-10-15(21)19-8-1-9-24-12-4-2-11(18)3-5-12/h2-7H,1,8-10H2,(H,19,21)(H,20,22). The van der Waals surface area contributed by atoms with Gasteiger partial charge in [0.1, 0.15) is 5.82 Å². The molecule has 0 aliphatic heterocycles. The molecule has 24 heavy (non-hydrogen) atoms. The molecule has 0 radical (unpaired) electrons. The number of rotatable bonds is 8. The molecule has 0 atom stereocenters. The number of nitrogens with one attached hydrogen (secondary N) is 2. The first kappa shape index (κ1) is 18.5. The highest BCUT2D eigenvalue weighted by Gasteiger charge is 2.11. The molecule has 0 aliphatic carbocycles. The van der Waals surface area contributed by atoms with Gasteiger partial charge in [-0.15, -0.1) is 11.8 Å². The molecule has 8 heteroatoms. The summed E-state index contributed by atoms with van der Waals surface area (Å²) in [6.07, 6.45) is 0.771. The van der Waals surface area contributed by atoms with Crippen molar-refractivity contribution >= 4 is 39.5 Å². The van der Waals surface area contributed by atoms with Crippen molar-refractivity contribution in [3.05, 3.63) is 52.6 Å². The lowest BCUT2D eigenvalue weighted by Crippen LogP contribution is -2.37. The molecule has 0 saturated heterocycles. The van der Waals surface area contributed by atoms with Crippen molar-refractivity contribution in [3.8, 4) is 0 Å². The summed E-state index contributed by atoms with van der Waals surface area (Å²) in [7, 11) is 0. The van der Waals surface area contributed by atoms with Gasteiger partial charge in [0.2, 0.25) is 5.91 Å². The second kappa shape index (κ2) is 9.48. The van der Waals surface area contributed by atoms with Gasteiger partial charge in [-0.3, -0.25) is 9.59 Å². The summed E-state index contributed by atoms with van der Waals surface area (Å²) in [6, 6.07) is 9.41. The fourth-order valence-electron chi connectivity index (χ4n) is 1.77. The van der Waals surface area contributed by atoms with Gasteiger partial charge in [0.15, 0.2) is 10.4 Å². The van der Waals surface area contributed by atoms with Crippen LogP contribution in [0, 0.1) is 5.82 Å². The van der Waals surface area contributed by atoms with Crippen LogP contribution in [-0.2, 0) is 4.79 Å². The number of carbonyl (C=O) groups is 2. The third-order valence-corrected chi connectivity index (χ3v) is 4.46. The Morgan fingerprint density at radius 1 is 1.12 bits per heavy atom. The summed E-state index contributed by atoms with van der Waals surface area (Å²) in [6.45, 7) is 0.400. The summed E-state index contributed by atoms with van der Waals surface area (Å²) in [4.78, 5) is 24.3. The second-order valence-electron chi connectivity index (χ2n) is 4.79. The van der Waals surface area contributed by atoms with Crippen molar-refractivity contribution in [3.63, 3.8) is 0 Å². The zero-order chi connectivity index (χ0) is 17.4. The Hall–Kier alpha value is -1.80. The minimum atomic E-state index is -0.442. The first-order chi connectivity index (χ1) is 11.5. The summed E-state index contributed by atoms with van der Waals surface area (Å²) < 4.78 is 18.3. The van der Waals surface area contributed by atoms with Gasteiger partial charge in [0, 0.05) is 11.4 Å². The van der Waals surface area contributed by atoms with E-state index >= 15 is 0 Å². The van der Waals surface area contributed by atoms with Crippen molar-refractivity contribution < 1.29 is 18.4 Å². The van der Waals surface area contributed by atoms with E-state index in [-0.39, 0.29) is 24.0 Å². The number of halogens is 2. The molecule has 0 aliphatic rings. The number of furan rings is 1. The molecule has 2 N–H and O–H groups in total. The Morgan fingerprint density at radius 3 is 2.54 bits per heavy atom. The van der Waals surface area contributed by atoms with Crippen LogP contribution in [0.25, 0.3) is 0 Å². The van der Waals surface area contributed by atoms with E-state index < -0.39 is 5.91 Å². The Kier molecular flexibility index (Phi) is 7.33. The lowest BCUT2D eigenvalue weighted by molar-refractivity contribution is -0.120. The van der Waals surface area contributed by atoms with Gasteiger partial charge >= 0.3 is 0 Å². The van der Waals surface area contributed by atoms with E-state index in [1.807, 2.05) is 0 Å². The molecule has 1 heterocycles. The van der Waals surface area contributed by atoms with Crippen LogP contribution in [0.15, 0.2) is 50.4 Å². The number of benzene rings is 1. The van der Waals surface area contributed by atoms with Gasteiger partial charge in [-0.2, -0.15) is 0 Å². The SMILES string of the molecule is O=C(CNC(=O)c1ccc(Br)o1)NCCCSc1ccc(F)cc1. The summed E-state index contributed by atoms with van der Waals surface area (Å²) in [5, 5.41) is 5.20. The molecule has 2 aromatic rings. The van der Waals surface area contributed by atoms with Crippen LogP contribution in [0.5, 0.6) is 0 Å². The van der Waals surface area contributed by atoms with Gasteiger partial charge in [-0.25, -0.2) is 4.39 Å². The Balaban J connectivity index is 1.56. The molecule has 0 spiro atoms. The Labute approximate surface area is 151 Å². The summed E-state index contributed by atoms with van der Waals surface area (Å²) >= 11 is 4.70. The zero-order valence-corrected chi connectivity index (χ0v) is 15.1. The van der Waals surface area contributed by atoms with E-state index in [1.165, 1.54) is 18.2 Å². The van der Waals surface area contributed by atoms with Gasteiger partial charge in [0.25, 0.3) is 5.91 Å². The van der Waals surface area contributed by atoms with Crippen LogP contribution >= 0.6 is 27.7 Å². The lowest BCUT2D eigenvalue weighted by Gasteiger charge is -2.06. The number of amides is 2. The highest BCUT2D eigenvalue weighted by molar-refractivity contribution is 9.10. The van der Waals surface area contributed by atoms with Crippen molar-refractivity contribution in [1.29, 1.82) is 0 Å². The maximum Gasteiger partial charge on any atom is 0.287 e. The monoisotopic (exact) mass is 414 g/mol. The smallest absolute Gasteiger partial charge is 0.287 e. The van der Waals surface area contributed by atoms with Crippen molar-refractivity contribution in [2.45, 2.75) is 11.3 Å². The van der Waals surface area contributed by atoms with Crippen LogP contribution in [0.3, 0.4) is 0 Å². The molecular formula is C16H16BrFN2O3S. The molecule has 0 bridgehead atoms. The minimum absolute atomic E-state index is 0.109. The van der Waals surface area contributed by atoms with Gasteiger partial charge < -0.3 is 15.1 Å².